The van der Waals surface area contributed by atoms with Gasteiger partial charge in [-0.05, 0) is 51.0 Å². The van der Waals surface area contributed by atoms with Crippen molar-refractivity contribution in [3.05, 3.63) is 54.1 Å². The van der Waals surface area contributed by atoms with Gasteiger partial charge in [-0.3, -0.25) is 0 Å². The number of para-hydroxylation sites is 2. The van der Waals surface area contributed by atoms with E-state index in [2.05, 4.69) is 19.1 Å². The lowest BCUT2D eigenvalue weighted by atomic mass is 10.2. The second kappa shape index (κ2) is 8.98. The topological polar surface area (TPSA) is 27.7 Å². The Labute approximate surface area is 132 Å². The van der Waals surface area contributed by atoms with E-state index in [4.69, 9.17) is 14.2 Å². The van der Waals surface area contributed by atoms with Gasteiger partial charge in [-0.2, -0.15) is 0 Å². The van der Waals surface area contributed by atoms with Crippen molar-refractivity contribution in [2.24, 2.45) is 0 Å². The van der Waals surface area contributed by atoms with Crippen LogP contribution in [-0.2, 0) is 0 Å². The molecule has 2 aromatic carbocycles. The molecule has 0 aliphatic carbocycles. The average Bonchev–Trinajstić information content (AvgIpc) is 2.54. The molecule has 0 amide bonds. The number of aryl methyl sites for hydroxylation is 1. The molecule has 118 valence electrons. The molecule has 0 spiro atoms. The molecule has 0 saturated heterocycles. The Balaban J connectivity index is 1.64. The van der Waals surface area contributed by atoms with Gasteiger partial charge in [0.25, 0.3) is 0 Å². The van der Waals surface area contributed by atoms with Gasteiger partial charge in [0, 0.05) is 0 Å². The van der Waals surface area contributed by atoms with Crippen molar-refractivity contribution in [2.75, 3.05) is 19.8 Å². The smallest absolute Gasteiger partial charge is 0.161 e. The molecule has 0 fully saturated rings. The minimum absolute atomic E-state index is 0.644. The van der Waals surface area contributed by atoms with Gasteiger partial charge in [-0.1, -0.05) is 29.8 Å². The van der Waals surface area contributed by atoms with Crippen LogP contribution in [0.1, 0.15) is 25.3 Å². The lowest BCUT2D eigenvalue weighted by Gasteiger charge is -2.11. The van der Waals surface area contributed by atoms with Gasteiger partial charge >= 0.3 is 0 Å². The molecule has 0 radical (unpaired) electrons. The van der Waals surface area contributed by atoms with Crippen LogP contribution in [0.15, 0.2) is 48.5 Å². The summed E-state index contributed by atoms with van der Waals surface area (Å²) in [6.07, 6.45) is 1.91. The lowest BCUT2D eigenvalue weighted by molar-refractivity contribution is 0.252. The Bertz CT molecular complexity index is 549. The highest BCUT2D eigenvalue weighted by atomic mass is 16.5. The van der Waals surface area contributed by atoms with Crippen LogP contribution >= 0.6 is 0 Å². The van der Waals surface area contributed by atoms with E-state index in [1.807, 2.05) is 43.3 Å². The Hall–Kier alpha value is -2.16. The molecular weight excluding hydrogens is 276 g/mol. The van der Waals surface area contributed by atoms with E-state index >= 15 is 0 Å². The van der Waals surface area contributed by atoms with Crippen molar-refractivity contribution in [3.63, 3.8) is 0 Å². The maximum Gasteiger partial charge on any atom is 0.161 e. The predicted molar refractivity (Wildman–Crippen MR) is 89.0 cm³/mol. The normalized spacial score (nSPS) is 10.3. The Morgan fingerprint density at radius 3 is 1.95 bits per heavy atom. The first-order chi connectivity index (χ1) is 10.8. The first-order valence-electron chi connectivity index (χ1n) is 7.83. The van der Waals surface area contributed by atoms with E-state index in [0.29, 0.717) is 19.8 Å². The summed E-state index contributed by atoms with van der Waals surface area (Å²) >= 11 is 0. The number of hydrogen-bond acceptors (Lipinski definition) is 3. The summed E-state index contributed by atoms with van der Waals surface area (Å²) in [6.45, 7) is 6.06. The van der Waals surface area contributed by atoms with Crippen LogP contribution in [0.5, 0.6) is 17.2 Å². The molecule has 3 nitrogen and oxygen atoms in total. The van der Waals surface area contributed by atoms with Gasteiger partial charge in [0.1, 0.15) is 5.75 Å². The quantitative estimate of drug-likeness (QED) is 0.632. The maximum atomic E-state index is 5.78. The maximum absolute atomic E-state index is 5.78. The van der Waals surface area contributed by atoms with Crippen LogP contribution in [-0.4, -0.2) is 19.8 Å². The van der Waals surface area contributed by atoms with E-state index in [1.165, 1.54) is 5.56 Å². The zero-order chi connectivity index (χ0) is 15.6. The molecule has 2 rings (SSSR count). The van der Waals surface area contributed by atoms with Gasteiger partial charge in [0.05, 0.1) is 19.8 Å². The summed E-state index contributed by atoms with van der Waals surface area (Å²) < 4.78 is 17.0. The summed E-state index contributed by atoms with van der Waals surface area (Å²) in [5.41, 5.74) is 1.24. The first-order valence-corrected chi connectivity index (χ1v) is 7.83. The Morgan fingerprint density at radius 1 is 0.727 bits per heavy atom. The highest BCUT2D eigenvalue weighted by molar-refractivity contribution is 5.39. The first kappa shape index (κ1) is 16.2. The molecule has 22 heavy (non-hydrogen) atoms. The summed E-state index contributed by atoms with van der Waals surface area (Å²) in [7, 11) is 0. The zero-order valence-electron chi connectivity index (χ0n) is 13.4. The summed E-state index contributed by atoms with van der Waals surface area (Å²) in [6, 6.07) is 15.9. The van der Waals surface area contributed by atoms with Gasteiger partial charge in [-0.15, -0.1) is 0 Å². The van der Waals surface area contributed by atoms with Crippen molar-refractivity contribution in [1.82, 2.24) is 0 Å². The lowest BCUT2D eigenvalue weighted by Crippen LogP contribution is -2.04. The van der Waals surface area contributed by atoms with E-state index < -0.39 is 0 Å². The van der Waals surface area contributed by atoms with Crippen LogP contribution in [0.4, 0.5) is 0 Å². The summed E-state index contributed by atoms with van der Waals surface area (Å²) in [5, 5.41) is 0. The van der Waals surface area contributed by atoms with Gasteiger partial charge in [-0.25, -0.2) is 0 Å². The fourth-order valence-corrected chi connectivity index (χ4v) is 2.05. The molecule has 0 N–H and O–H groups in total. The highest BCUT2D eigenvalue weighted by Gasteiger charge is 2.02. The summed E-state index contributed by atoms with van der Waals surface area (Å²) in [5.74, 6) is 2.54. The average molecular weight is 300 g/mol. The third kappa shape index (κ3) is 5.32. The molecule has 2 aromatic rings. The minimum Gasteiger partial charge on any atom is -0.494 e. The van der Waals surface area contributed by atoms with Crippen LogP contribution in [0.25, 0.3) is 0 Å². The number of rotatable bonds is 9. The monoisotopic (exact) mass is 300 g/mol. The third-order valence-corrected chi connectivity index (χ3v) is 3.23. The molecular formula is C19H24O3. The molecule has 0 bridgehead atoms. The number of hydrogen-bond donors (Lipinski definition) is 0. The molecule has 0 saturated carbocycles. The Kier molecular flexibility index (Phi) is 6.62. The van der Waals surface area contributed by atoms with Crippen molar-refractivity contribution in [2.45, 2.75) is 26.7 Å². The van der Waals surface area contributed by atoms with Crippen LogP contribution in [0.3, 0.4) is 0 Å². The van der Waals surface area contributed by atoms with Crippen LogP contribution < -0.4 is 14.2 Å². The molecule has 0 aliphatic rings. The molecule has 0 heterocycles. The van der Waals surface area contributed by atoms with Gasteiger partial charge in [0.2, 0.25) is 0 Å². The van der Waals surface area contributed by atoms with Crippen LogP contribution in [0, 0.1) is 6.92 Å². The van der Waals surface area contributed by atoms with Crippen molar-refractivity contribution in [3.8, 4) is 17.2 Å². The molecule has 3 heteroatoms. The Morgan fingerprint density at radius 2 is 1.32 bits per heavy atom. The minimum atomic E-state index is 0.644. The van der Waals surface area contributed by atoms with E-state index in [0.717, 1.165) is 30.1 Å². The fraction of sp³-hybridized carbons (Fsp3) is 0.368. The highest BCUT2D eigenvalue weighted by Crippen LogP contribution is 2.26. The SMILES string of the molecule is CCOc1ccccc1OCCCCOc1ccc(C)cc1. The number of benzene rings is 2. The third-order valence-electron chi connectivity index (χ3n) is 3.23. The van der Waals surface area contributed by atoms with Crippen molar-refractivity contribution < 1.29 is 14.2 Å². The predicted octanol–water partition coefficient (Wildman–Crippen LogP) is 4.63. The molecule has 0 atom stereocenters. The molecule has 0 aliphatic heterocycles. The van der Waals surface area contributed by atoms with Crippen molar-refractivity contribution in [1.29, 1.82) is 0 Å². The van der Waals surface area contributed by atoms with E-state index in [1.54, 1.807) is 0 Å². The second-order valence-corrected chi connectivity index (χ2v) is 5.10. The van der Waals surface area contributed by atoms with E-state index in [9.17, 15) is 0 Å². The van der Waals surface area contributed by atoms with E-state index in [-0.39, 0.29) is 0 Å². The van der Waals surface area contributed by atoms with Crippen molar-refractivity contribution >= 4 is 0 Å². The van der Waals surface area contributed by atoms with Gasteiger partial charge < -0.3 is 14.2 Å². The number of ether oxygens (including phenoxy) is 3. The number of unbranched alkanes of at least 4 members (excludes halogenated alkanes) is 1. The molecule has 0 aromatic heterocycles. The molecule has 0 unspecified atom stereocenters. The zero-order valence-corrected chi connectivity index (χ0v) is 13.4. The largest absolute Gasteiger partial charge is 0.494 e. The van der Waals surface area contributed by atoms with Gasteiger partial charge in [0.15, 0.2) is 11.5 Å². The standard InChI is InChI=1S/C19H24O3/c1-3-20-18-8-4-5-9-19(18)22-15-7-6-14-21-17-12-10-16(2)11-13-17/h4-5,8-13H,3,6-7,14-15H2,1-2H3. The second-order valence-electron chi connectivity index (χ2n) is 5.10. The summed E-state index contributed by atoms with van der Waals surface area (Å²) in [4.78, 5) is 0. The fourth-order valence-electron chi connectivity index (χ4n) is 2.05. The van der Waals surface area contributed by atoms with Crippen LogP contribution in [0.2, 0.25) is 0 Å².